The summed E-state index contributed by atoms with van der Waals surface area (Å²) in [5, 5.41) is 19.8. The minimum Gasteiger partial charge on any atom is -0.310 e. The average molecular weight is 448 g/mol. The topological polar surface area (TPSA) is 90.5 Å². The highest BCUT2D eigenvalue weighted by molar-refractivity contribution is 7.99. The molecule has 2 aromatic heterocycles. The summed E-state index contributed by atoms with van der Waals surface area (Å²) in [5.74, 6) is 1.08. The predicted molar refractivity (Wildman–Crippen MR) is 126 cm³/mol. The molecule has 0 aliphatic rings. The number of aromatic nitrogens is 6. The molecule has 0 spiro atoms. The van der Waals surface area contributed by atoms with Crippen LogP contribution in [0.1, 0.15) is 36.5 Å². The smallest absolute Gasteiger partial charge is 0.236 e. The van der Waals surface area contributed by atoms with Gasteiger partial charge in [0.2, 0.25) is 11.1 Å². The molecule has 8 nitrogen and oxygen atoms in total. The summed E-state index contributed by atoms with van der Waals surface area (Å²) in [6.45, 7) is 8.39. The van der Waals surface area contributed by atoms with E-state index in [1.54, 1.807) is 21.6 Å². The fraction of sp³-hybridized carbons (Fsp3) is 0.261. The maximum Gasteiger partial charge on any atom is 0.236 e. The van der Waals surface area contributed by atoms with Gasteiger partial charge in [0.1, 0.15) is 5.82 Å². The fourth-order valence-electron chi connectivity index (χ4n) is 3.30. The SMILES string of the molecule is Cc1cccc(-n2nnnc2SCC(=O)Nc2ccnn2-c2ccc(C(C)C)cc2)c1C. The quantitative estimate of drug-likeness (QED) is 0.424. The second kappa shape index (κ2) is 9.35. The van der Waals surface area contributed by atoms with Gasteiger partial charge >= 0.3 is 0 Å². The number of benzene rings is 2. The van der Waals surface area contributed by atoms with Gasteiger partial charge in [0, 0.05) is 6.07 Å². The molecule has 0 aliphatic carbocycles. The Morgan fingerprint density at radius 2 is 1.84 bits per heavy atom. The molecule has 4 rings (SSSR count). The van der Waals surface area contributed by atoms with Crippen LogP contribution >= 0.6 is 11.8 Å². The number of carbonyl (C=O) groups excluding carboxylic acids is 1. The van der Waals surface area contributed by atoms with Gasteiger partial charge in [-0.2, -0.15) is 9.78 Å². The molecule has 0 saturated heterocycles. The number of aryl methyl sites for hydroxylation is 1. The van der Waals surface area contributed by atoms with Crippen molar-refractivity contribution in [1.82, 2.24) is 30.0 Å². The number of tetrazole rings is 1. The van der Waals surface area contributed by atoms with E-state index in [1.165, 1.54) is 17.3 Å². The van der Waals surface area contributed by atoms with Crippen molar-refractivity contribution in [3.05, 3.63) is 71.4 Å². The van der Waals surface area contributed by atoms with Gasteiger partial charge in [-0.3, -0.25) is 4.79 Å². The first-order valence-corrected chi connectivity index (χ1v) is 11.3. The number of hydrogen-bond acceptors (Lipinski definition) is 6. The second-order valence-corrected chi connectivity index (χ2v) is 8.75. The van der Waals surface area contributed by atoms with Crippen molar-refractivity contribution >= 4 is 23.5 Å². The van der Waals surface area contributed by atoms with Gasteiger partial charge in [-0.25, -0.2) is 4.68 Å². The van der Waals surface area contributed by atoms with Crippen LogP contribution in [-0.2, 0) is 4.79 Å². The van der Waals surface area contributed by atoms with Gasteiger partial charge in [-0.05, 0) is 65.1 Å². The number of thioether (sulfide) groups is 1. The molecule has 164 valence electrons. The lowest BCUT2D eigenvalue weighted by atomic mass is 10.0. The van der Waals surface area contributed by atoms with E-state index >= 15 is 0 Å². The number of anilines is 1. The van der Waals surface area contributed by atoms with E-state index < -0.39 is 0 Å². The molecule has 32 heavy (non-hydrogen) atoms. The van der Waals surface area contributed by atoms with Crippen LogP contribution in [-0.4, -0.2) is 41.6 Å². The zero-order valence-corrected chi connectivity index (χ0v) is 19.3. The van der Waals surface area contributed by atoms with E-state index in [4.69, 9.17) is 0 Å². The zero-order chi connectivity index (χ0) is 22.7. The standard InChI is InChI=1S/C23H25N7OS/c1-15(2)18-8-10-19(11-9-18)29-21(12-13-24-29)25-22(31)14-32-23-26-27-28-30(23)20-7-5-6-16(3)17(20)4/h5-13,15H,14H2,1-4H3,(H,25,31). The highest BCUT2D eigenvalue weighted by atomic mass is 32.2. The molecule has 0 fully saturated rings. The van der Waals surface area contributed by atoms with E-state index in [2.05, 4.69) is 51.9 Å². The molecule has 0 radical (unpaired) electrons. The molecule has 4 aromatic rings. The predicted octanol–water partition coefficient (Wildman–Crippen LogP) is 4.32. The average Bonchev–Trinajstić information content (AvgIpc) is 3.44. The third-order valence-corrected chi connectivity index (χ3v) is 6.21. The number of nitrogens with one attached hydrogen (secondary N) is 1. The van der Waals surface area contributed by atoms with Gasteiger partial charge in [-0.1, -0.05) is 49.9 Å². The van der Waals surface area contributed by atoms with Crippen molar-refractivity contribution in [2.24, 2.45) is 0 Å². The molecule has 2 aromatic carbocycles. The molecule has 0 unspecified atom stereocenters. The van der Waals surface area contributed by atoms with Gasteiger partial charge in [0.15, 0.2) is 0 Å². The lowest BCUT2D eigenvalue weighted by molar-refractivity contribution is -0.113. The van der Waals surface area contributed by atoms with Gasteiger partial charge in [0.05, 0.1) is 23.3 Å². The van der Waals surface area contributed by atoms with Crippen molar-refractivity contribution in [3.63, 3.8) is 0 Å². The van der Waals surface area contributed by atoms with Gasteiger partial charge in [-0.15, -0.1) is 5.10 Å². The maximum absolute atomic E-state index is 12.7. The van der Waals surface area contributed by atoms with Crippen LogP contribution in [0.5, 0.6) is 0 Å². The summed E-state index contributed by atoms with van der Waals surface area (Å²) in [4.78, 5) is 12.7. The monoisotopic (exact) mass is 447 g/mol. The van der Waals surface area contributed by atoms with Crippen LogP contribution in [0.4, 0.5) is 5.82 Å². The van der Waals surface area contributed by atoms with E-state index in [-0.39, 0.29) is 11.7 Å². The van der Waals surface area contributed by atoms with Crippen molar-refractivity contribution in [2.45, 2.75) is 38.8 Å². The third-order valence-electron chi connectivity index (χ3n) is 5.29. The highest BCUT2D eigenvalue weighted by Crippen LogP contribution is 2.23. The first kappa shape index (κ1) is 21.8. The molecule has 1 N–H and O–H groups in total. The minimum absolute atomic E-state index is 0.161. The van der Waals surface area contributed by atoms with Crippen LogP contribution < -0.4 is 5.32 Å². The maximum atomic E-state index is 12.7. The van der Waals surface area contributed by atoms with Crippen LogP contribution in [0.25, 0.3) is 11.4 Å². The summed E-state index contributed by atoms with van der Waals surface area (Å²) in [6, 6.07) is 15.9. The van der Waals surface area contributed by atoms with Crippen LogP contribution in [0, 0.1) is 13.8 Å². The number of rotatable bonds is 7. The lowest BCUT2D eigenvalue weighted by Gasteiger charge is -2.11. The molecular weight excluding hydrogens is 422 g/mol. The number of amides is 1. The highest BCUT2D eigenvalue weighted by Gasteiger charge is 2.15. The molecule has 0 saturated carbocycles. The third kappa shape index (κ3) is 4.57. The van der Waals surface area contributed by atoms with E-state index in [0.717, 1.165) is 22.5 Å². The molecule has 0 bridgehead atoms. The van der Waals surface area contributed by atoms with Gasteiger partial charge < -0.3 is 5.32 Å². The minimum atomic E-state index is -0.161. The Kier molecular flexibility index (Phi) is 6.36. The first-order valence-electron chi connectivity index (χ1n) is 10.4. The Labute approximate surface area is 191 Å². The van der Waals surface area contributed by atoms with E-state index in [0.29, 0.717) is 16.9 Å². The Morgan fingerprint density at radius 1 is 1.06 bits per heavy atom. The Balaban J connectivity index is 1.44. The molecule has 9 heteroatoms. The molecular formula is C23H25N7OS. The Hall–Kier alpha value is -3.46. The van der Waals surface area contributed by atoms with Crippen LogP contribution in [0.15, 0.2) is 59.9 Å². The summed E-state index contributed by atoms with van der Waals surface area (Å²) >= 11 is 1.29. The fourth-order valence-corrected chi connectivity index (χ4v) is 3.98. The van der Waals surface area contributed by atoms with Crippen molar-refractivity contribution < 1.29 is 4.79 Å². The lowest BCUT2D eigenvalue weighted by Crippen LogP contribution is -2.17. The summed E-state index contributed by atoms with van der Waals surface area (Å²) in [6.07, 6.45) is 1.67. The normalized spacial score (nSPS) is 11.2. The second-order valence-electron chi connectivity index (χ2n) is 7.80. The van der Waals surface area contributed by atoms with Crippen molar-refractivity contribution in [1.29, 1.82) is 0 Å². The van der Waals surface area contributed by atoms with Crippen molar-refractivity contribution in [3.8, 4) is 11.4 Å². The zero-order valence-electron chi connectivity index (χ0n) is 18.5. The number of hydrogen-bond donors (Lipinski definition) is 1. The van der Waals surface area contributed by atoms with Crippen LogP contribution in [0.3, 0.4) is 0 Å². The Bertz CT molecular complexity index is 1230. The Morgan fingerprint density at radius 3 is 2.59 bits per heavy atom. The number of carbonyl (C=O) groups is 1. The summed E-state index contributed by atoms with van der Waals surface area (Å²) in [5.41, 5.74) is 5.30. The number of nitrogens with zero attached hydrogens (tertiary/aromatic N) is 6. The first-order chi connectivity index (χ1) is 15.4. The summed E-state index contributed by atoms with van der Waals surface area (Å²) < 4.78 is 3.38. The molecule has 2 heterocycles. The molecule has 0 aliphatic heterocycles. The van der Waals surface area contributed by atoms with E-state index in [1.807, 2.05) is 44.2 Å². The van der Waals surface area contributed by atoms with Gasteiger partial charge in [0.25, 0.3) is 0 Å². The molecule has 1 amide bonds. The van der Waals surface area contributed by atoms with E-state index in [9.17, 15) is 4.79 Å². The molecule has 0 atom stereocenters. The van der Waals surface area contributed by atoms with Crippen molar-refractivity contribution in [2.75, 3.05) is 11.1 Å². The summed E-state index contributed by atoms with van der Waals surface area (Å²) in [7, 11) is 0. The largest absolute Gasteiger partial charge is 0.310 e. The van der Waals surface area contributed by atoms with Crippen LogP contribution in [0.2, 0.25) is 0 Å².